The normalized spacial score (nSPS) is 16.5. The van der Waals surface area contributed by atoms with Crippen LogP contribution in [-0.4, -0.2) is 36.8 Å². The number of rotatable bonds is 4. The van der Waals surface area contributed by atoms with Gasteiger partial charge < -0.3 is 19.8 Å². The number of H-pyrrole nitrogens is 1. The van der Waals surface area contributed by atoms with Gasteiger partial charge in [-0.3, -0.25) is 0 Å². The van der Waals surface area contributed by atoms with E-state index >= 15 is 4.39 Å². The van der Waals surface area contributed by atoms with E-state index in [0.717, 1.165) is 29.8 Å². The van der Waals surface area contributed by atoms with E-state index in [0.29, 0.717) is 12.2 Å². The average molecular weight is 421 g/mol. The molecule has 0 bridgehead atoms. The van der Waals surface area contributed by atoms with E-state index in [1.165, 1.54) is 13.2 Å². The molecule has 0 radical (unpaired) electrons. The Morgan fingerprint density at radius 3 is 2.32 bits per heavy atom. The predicted octanol–water partition coefficient (Wildman–Crippen LogP) is 4.84. The Labute approximate surface area is 178 Å². The van der Waals surface area contributed by atoms with Gasteiger partial charge in [-0.2, -0.15) is 4.98 Å². The molecule has 1 fully saturated rings. The van der Waals surface area contributed by atoms with Crippen molar-refractivity contribution in [3.8, 4) is 28.3 Å². The van der Waals surface area contributed by atoms with E-state index in [1.54, 1.807) is 12.1 Å². The lowest BCUT2D eigenvalue weighted by Gasteiger charge is -2.24. The van der Waals surface area contributed by atoms with Crippen molar-refractivity contribution in [2.45, 2.75) is 6.10 Å². The van der Waals surface area contributed by atoms with Crippen LogP contribution in [0.4, 0.5) is 8.78 Å². The van der Waals surface area contributed by atoms with E-state index in [1.807, 2.05) is 24.3 Å². The summed E-state index contributed by atoms with van der Waals surface area (Å²) in [5.41, 5.74) is 3.75. The number of nitrogens with zero attached hydrogens (tertiary/aromatic N) is 1. The van der Waals surface area contributed by atoms with Gasteiger partial charge in [-0.15, -0.1) is 0 Å². The topological polar surface area (TPSA) is 59.2 Å². The Balaban J connectivity index is 1.44. The molecule has 0 spiro atoms. The molecule has 4 aromatic rings. The van der Waals surface area contributed by atoms with Crippen molar-refractivity contribution in [2.24, 2.45) is 0 Å². The van der Waals surface area contributed by atoms with E-state index in [4.69, 9.17) is 9.47 Å². The Bertz CT molecular complexity index is 1210. The van der Waals surface area contributed by atoms with Crippen LogP contribution in [-0.2, 0) is 4.74 Å². The van der Waals surface area contributed by atoms with Crippen LogP contribution in [0.15, 0.2) is 54.6 Å². The van der Waals surface area contributed by atoms with Gasteiger partial charge >= 0.3 is 0 Å². The molecular formula is C24H21F2N3O2. The molecule has 5 nitrogen and oxygen atoms in total. The highest BCUT2D eigenvalue weighted by molar-refractivity contribution is 5.84. The smallest absolute Gasteiger partial charge is 0.294 e. The lowest BCUT2D eigenvalue weighted by atomic mass is 9.98. The summed E-state index contributed by atoms with van der Waals surface area (Å²) < 4.78 is 40.5. The molecule has 31 heavy (non-hydrogen) atoms. The largest absolute Gasteiger partial charge is 0.468 e. The summed E-state index contributed by atoms with van der Waals surface area (Å²) in [4.78, 5) is 6.77. The fourth-order valence-electron chi connectivity index (χ4n) is 3.92. The first-order valence-electron chi connectivity index (χ1n) is 10.1. The second-order valence-corrected chi connectivity index (χ2v) is 7.45. The Kier molecular flexibility index (Phi) is 5.13. The molecule has 2 heterocycles. The molecule has 1 saturated heterocycles. The van der Waals surface area contributed by atoms with Crippen molar-refractivity contribution in [2.75, 3.05) is 26.8 Å². The molecule has 0 aliphatic carbocycles. The molecule has 1 aliphatic rings. The molecular weight excluding hydrogens is 400 g/mol. The van der Waals surface area contributed by atoms with E-state index < -0.39 is 11.6 Å². The maximum atomic E-state index is 15.0. The van der Waals surface area contributed by atoms with Crippen LogP contribution >= 0.6 is 0 Å². The van der Waals surface area contributed by atoms with Crippen molar-refractivity contribution in [3.05, 3.63) is 71.8 Å². The second kappa shape index (κ2) is 8.09. The third-order valence-electron chi connectivity index (χ3n) is 5.56. The number of halogens is 2. The van der Waals surface area contributed by atoms with Crippen LogP contribution < -0.4 is 10.1 Å². The van der Waals surface area contributed by atoms with Gasteiger partial charge in [0.1, 0.15) is 11.3 Å². The number of imidazole rings is 1. The van der Waals surface area contributed by atoms with Gasteiger partial charge in [0.2, 0.25) is 0 Å². The molecule has 1 aliphatic heterocycles. The van der Waals surface area contributed by atoms with E-state index in [-0.39, 0.29) is 28.7 Å². The standard InChI is InChI=1S/C24H21F2N3O2/c1-30-24-28-19-12-18(25)21(22(26)23(19)29-24)17-8-4-15(5-9-17)14-2-6-16(7-3-14)20-13-27-10-11-31-20/h2-9,12,20,27H,10-11,13H2,1H3,(H,28,29). The molecule has 2 N–H and O–H groups in total. The van der Waals surface area contributed by atoms with Crippen molar-refractivity contribution < 1.29 is 18.3 Å². The first-order chi connectivity index (χ1) is 15.1. The van der Waals surface area contributed by atoms with Crippen molar-refractivity contribution >= 4 is 11.0 Å². The number of methoxy groups -OCH3 is 1. The number of fused-ring (bicyclic) bond motifs is 1. The number of ether oxygens (including phenoxy) is 2. The zero-order chi connectivity index (χ0) is 21.4. The highest BCUT2D eigenvalue weighted by Gasteiger charge is 2.19. The summed E-state index contributed by atoms with van der Waals surface area (Å²) >= 11 is 0. The van der Waals surface area contributed by atoms with Gasteiger partial charge in [-0.25, -0.2) is 8.78 Å². The maximum absolute atomic E-state index is 15.0. The average Bonchev–Trinajstić information content (AvgIpc) is 3.24. The highest BCUT2D eigenvalue weighted by Crippen LogP contribution is 2.33. The molecule has 1 atom stereocenters. The van der Waals surface area contributed by atoms with E-state index in [9.17, 15) is 4.39 Å². The first kappa shape index (κ1) is 19.7. The summed E-state index contributed by atoms with van der Waals surface area (Å²) in [5, 5.41) is 3.33. The quantitative estimate of drug-likeness (QED) is 0.495. The van der Waals surface area contributed by atoms with Crippen LogP contribution in [0.25, 0.3) is 33.3 Å². The third kappa shape index (κ3) is 3.66. The molecule has 0 amide bonds. The molecule has 158 valence electrons. The van der Waals surface area contributed by atoms with Crippen LogP contribution in [0, 0.1) is 11.6 Å². The van der Waals surface area contributed by atoms with Crippen molar-refractivity contribution in [1.29, 1.82) is 0 Å². The van der Waals surface area contributed by atoms with E-state index in [2.05, 4.69) is 27.4 Å². The van der Waals surface area contributed by atoms with Gasteiger partial charge in [-0.1, -0.05) is 48.5 Å². The van der Waals surface area contributed by atoms with Gasteiger partial charge in [0.25, 0.3) is 6.01 Å². The number of nitrogens with one attached hydrogen (secondary N) is 2. The van der Waals surface area contributed by atoms with Crippen molar-refractivity contribution in [1.82, 2.24) is 15.3 Å². The zero-order valence-electron chi connectivity index (χ0n) is 16.9. The molecule has 1 aromatic heterocycles. The number of aromatic nitrogens is 2. The third-order valence-corrected chi connectivity index (χ3v) is 5.56. The summed E-state index contributed by atoms with van der Waals surface area (Å²) in [6.07, 6.45) is 0.0618. The summed E-state index contributed by atoms with van der Waals surface area (Å²) in [6, 6.07) is 16.7. The van der Waals surface area contributed by atoms with Gasteiger partial charge in [0, 0.05) is 19.2 Å². The number of hydrogen-bond acceptors (Lipinski definition) is 4. The number of morpholine rings is 1. The van der Waals surface area contributed by atoms with Crippen LogP contribution in [0.1, 0.15) is 11.7 Å². The summed E-state index contributed by atoms with van der Waals surface area (Å²) in [5.74, 6) is -1.37. The minimum Gasteiger partial charge on any atom is -0.468 e. The number of hydrogen-bond donors (Lipinski definition) is 2. The molecule has 7 heteroatoms. The Hall–Kier alpha value is -3.29. The Morgan fingerprint density at radius 1 is 1.00 bits per heavy atom. The van der Waals surface area contributed by atoms with Crippen molar-refractivity contribution in [3.63, 3.8) is 0 Å². The fourth-order valence-corrected chi connectivity index (χ4v) is 3.92. The lowest BCUT2D eigenvalue weighted by Crippen LogP contribution is -2.33. The van der Waals surface area contributed by atoms with Gasteiger partial charge in [0.05, 0.1) is 30.9 Å². The van der Waals surface area contributed by atoms with Crippen LogP contribution in [0.3, 0.4) is 0 Å². The molecule has 0 saturated carbocycles. The minimum atomic E-state index is -0.715. The molecule has 5 rings (SSSR count). The van der Waals surface area contributed by atoms with Gasteiger partial charge in [-0.05, 0) is 22.3 Å². The summed E-state index contributed by atoms with van der Waals surface area (Å²) in [7, 11) is 1.41. The number of aromatic amines is 1. The monoisotopic (exact) mass is 421 g/mol. The lowest BCUT2D eigenvalue weighted by molar-refractivity contribution is 0.0277. The molecule has 3 aromatic carbocycles. The van der Waals surface area contributed by atoms with Crippen LogP contribution in [0.5, 0.6) is 6.01 Å². The highest BCUT2D eigenvalue weighted by atomic mass is 19.1. The first-order valence-corrected chi connectivity index (χ1v) is 10.1. The predicted molar refractivity (Wildman–Crippen MR) is 115 cm³/mol. The molecule has 1 unspecified atom stereocenters. The maximum Gasteiger partial charge on any atom is 0.294 e. The SMILES string of the molecule is COc1nc2c(F)c(-c3ccc(-c4ccc(C5CNCCO5)cc4)cc3)c(F)cc2[nH]1. The zero-order valence-corrected chi connectivity index (χ0v) is 16.9. The second-order valence-electron chi connectivity index (χ2n) is 7.45. The Morgan fingerprint density at radius 2 is 1.68 bits per heavy atom. The fraction of sp³-hybridized carbons (Fsp3) is 0.208. The van der Waals surface area contributed by atoms with Gasteiger partial charge in [0.15, 0.2) is 5.82 Å². The summed E-state index contributed by atoms with van der Waals surface area (Å²) in [6.45, 7) is 2.39. The minimum absolute atomic E-state index is 0.0485. The number of benzene rings is 3. The van der Waals surface area contributed by atoms with Crippen LogP contribution in [0.2, 0.25) is 0 Å².